The minimum Gasteiger partial charge on any atom is -0.381 e. The van der Waals surface area contributed by atoms with Crippen LogP contribution in [0.1, 0.15) is 39.3 Å². The Bertz CT molecular complexity index is 1060. The Balaban J connectivity index is 1.52. The number of carbonyl (C=O) groups excluding carboxylic acids is 1. The van der Waals surface area contributed by atoms with E-state index >= 15 is 0 Å². The fraction of sp³-hybridized carbons (Fsp3) is 0.458. The molecule has 0 spiro atoms. The van der Waals surface area contributed by atoms with Gasteiger partial charge in [-0.25, -0.2) is 4.98 Å². The maximum atomic E-state index is 12.5. The Hall–Kier alpha value is -2.22. The molecule has 1 fully saturated rings. The zero-order valence-electron chi connectivity index (χ0n) is 18.7. The number of carbonyl (C=O) groups is 1. The molecule has 0 radical (unpaired) electrons. The molecule has 0 saturated carbocycles. The van der Waals surface area contributed by atoms with E-state index in [-0.39, 0.29) is 17.9 Å². The smallest absolute Gasteiger partial charge is 0.226 e. The number of nitrogens with zero attached hydrogens (tertiary/aromatic N) is 3. The third-order valence-electron chi connectivity index (χ3n) is 5.57. The van der Waals surface area contributed by atoms with Gasteiger partial charge in [-0.15, -0.1) is 11.3 Å². The molecule has 3 aromatic rings. The zero-order chi connectivity index (χ0) is 22.7. The summed E-state index contributed by atoms with van der Waals surface area (Å²) in [6.07, 6.45) is 4.16. The van der Waals surface area contributed by atoms with Crippen molar-refractivity contribution in [2.45, 2.75) is 45.6 Å². The number of nitrogens with one attached hydrogen (secondary N) is 1. The van der Waals surface area contributed by atoms with E-state index in [0.717, 1.165) is 53.6 Å². The molecule has 8 heteroatoms. The van der Waals surface area contributed by atoms with Crippen LogP contribution in [-0.4, -0.2) is 40.4 Å². The van der Waals surface area contributed by atoms with Crippen molar-refractivity contribution >= 4 is 28.8 Å². The predicted octanol–water partition coefficient (Wildman–Crippen LogP) is 5.17. The molecule has 0 aliphatic carbocycles. The van der Waals surface area contributed by atoms with Crippen LogP contribution in [0.4, 0.5) is 0 Å². The lowest BCUT2D eigenvalue weighted by Gasteiger charge is -2.23. The van der Waals surface area contributed by atoms with Gasteiger partial charge in [0.05, 0.1) is 35.1 Å². The molecular weight excluding hydrogens is 444 g/mol. The summed E-state index contributed by atoms with van der Waals surface area (Å²) in [6, 6.07) is 7.78. The fourth-order valence-electron chi connectivity index (χ4n) is 3.85. The van der Waals surface area contributed by atoms with Gasteiger partial charge < -0.3 is 10.1 Å². The van der Waals surface area contributed by atoms with Gasteiger partial charge in [0.2, 0.25) is 5.91 Å². The Morgan fingerprint density at radius 2 is 1.97 bits per heavy atom. The van der Waals surface area contributed by atoms with Gasteiger partial charge in [-0.2, -0.15) is 5.10 Å². The van der Waals surface area contributed by atoms with Crippen LogP contribution in [0.5, 0.6) is 0 Å². The van der Waals surface area contributed by atoms with Crippen LogP contribution in [-0.2, 0) is 21.5 Å². The van der Waals surface area contributed by atoms with Crippen LogP contribution in [0.25, 0.3) is 21.8 Å². The van der Waals surface area contributed by atoms with Crippen molar-refractivity contribution in [1.29, 1.82) is 0 Å². The second-order valence-corrected chi connectivity index (χ2v) is 10.5. The number of halogens is 1. The quantitative estimate of drug-likeness (QED) is 0.537. The highest BCUT2D eigenvalue weighted by Crippen LogP contribution is 2.37. The Morgan fingerprint density at radius 1 is 1.25 bits per heavy atom. The first kappa shape index (κ1) is 23.0. The van der Waals surface area contributed by atoms with Crippen LogP contribution in [0.15, 0.2) is 35.8 Å². The molecule has 0 atom stereocenters. The topological polar surface area (TPSA) is 69.0 Å². The summed E-state index contributed by atoms with van der Waals surface area (Å²) in [4.78, 5) is 17.2. The van der Waals surface area contributed by atoms with E-state index in [4.69, 9.17) is 21.3 Å². The standard InChI is InChI=1S/C24H29ClN4O2S/c1-24(2,3)29-22(17-4-6-18(25)7-5-17)20(14-27-29)23-28-19(15-32-23)12-21(30)26-13-16-8-10-31-11-9-16/h4-7,14-16H,8-13H2,1-3H3,(H,26,30). The highest BCUT2D eigenvalue weighted by molar-refractivity contribution is 7.13. The molecule has 1 amide bonds. The van der Waals surface area contributed by atoms with Crippen LogP contribution in [0.2, 0.25) is 5.02 Å². The molecule has 1 aromatic carbocycles. The molecule has 6 nitrogen and oxygen atoms in total. The van der Waals surface area contributed by atoms with Crippen molar-refractivity contribution in [2.75, 3.05) is 19.8 Å². The molecule has 1 N–H and O–H groups in total. The van der Waals surface area contributed by atoms with Crippen molar-refractivity contribution in [3.05, 3.63) is 46.6 Å². The molecule has 170 valence electrons. The summed E-state index contributed by atoms with van der Waals surface area (Å²) in [7, 11) is 0. The van der Waals surface area contributed by atoms with Crippen LogP contribution >= 0.6 is 22.9 Å². The van der Waals surface area contributed by atoms with E-state index in [0.29, 0.717) is 17.5 Å². The average Bonchev–Trinajstić information content (AvgIpc) is 3.40. The van der Waals surface area contributed by atoms with E-state index in [1.165, 1.54) is 11.3 Å². The van der Waals surface area contributed by atoms with Gasteiger partial charge in [-0.3, -0.25) is 9.48 Å². The molecule has 0 unspecified atom stereocenters. The number of hydrogen-bond acceptors (Lipinski definition) is 5. The van der Waals surface area contributed by atoms with Gasteiger partial charge >= 0.3 is 0 Å². The molecule has 3 heterocycles. The van der Waals surface area contributed by atoms with Gasteiger partial charge in [0, 0.05) is 35.7 Å². The van der Waals surface area contributed by atoms with Crippen molar-refractivity contribution in [2.24, 2.45) is 5.92 Å². The second-order valence-electron chi connectivity index (χ2n) is 9.18. The molecule has 1 saturated heterocycles. The molecule has 4 rings (SSSR count). The van der Waals surface area contributed by atoms with Crippen molar-refractivity contribution in [3.63, 3.8) is 0 Å². The van der Waals surface area contributed by atoms with Gasteiger partial charge in [0.15, 0.2) is 0 Å². The number of aromatic nitrogens is 3. The molecule has 2 aromatic heterocycles. The van der Waals surface area contributed by atoms with Gasteiger partial charge in [-0.1, -0.05) is 23.7 Å². The van der Waals surface area contributed by atoms with Crippen molar-refractivity contribution in [3.8, 4) is 21.8 Å². The van der Waals surface area contributed by atoms with Gasteiger partial charge in [0.25, 0.3) is 0 Å². The van der Waals surface area contributed by atoms with Gasteiger partial charge in [-0.05, 0) is 51.7 Å². The maximum Gasteiger partial charge on any atom is 0.226 e. The number of ether oxygens (including phenoxy) is 1. The van der Waals surface area contributed by atoms with Crippen LogP contribution < -0.4 is 5.32 Å². The molecular formula is C24H29ClN4O2S. The Kier molecular flexibility index (Phi) is 6.98. The SMILES string of the molecule is CC(C)(C)n1ncc(-c2nc(CC(=O)NCC3CCOCC3)cs2)c1-c1ccc(Cl)cc1. The maximum absolute atomic E-state index is 12.5. The number of amides is 1. The minimum atomic E-state index is -0.197. The summed E-state index contributed by atoms with van der Waals surface area (Å²) in [6.45, 7) is 8.65. The Labute approximate surface area is 198 Å². The third kappa shape index (κ3) is 5.39. The number of benzene rings is 1. The lowest BCUT2D eigenvalue weighted by Crippen LogP contribution is -2.33. The highest BCUT2D eigenvalue weighted by atomic mass is 35.5. The van der Waals surface area contributed by atoms with Crippen LogP contribution in [0, 0.1) is 5.92 Å². The van der Waals surface area contributed by atoms with E-state index in [1.54, 1.807) is 0 Å². The first-order valence-electron chi connectivity index (χ1n) is 10.9. The second kappa shape index (κ2) is 9.73. The molecule has 1 aliphatic heterocycles. The lowest BCUT2D eigenvalue weighted by molar-refractivity contribution is -0.120. The number of thiazole rings is 1. The monoisotopic (exact) mass is 472 g/mol. The Morgan fingerprint density at radius 3 is 2.66 bits per heavy atom. The van der Waals surface area contributed by atoms with Crippen LogP contribution in [0.3, 0.4) is 0 Å². The number of rotatable bonds is 6. The van der Waals surface area contributed by atoms with Crippen molar-refractivity contribution < 1.29 is 9.53 Å². The first-order chi connectivity index (χ1) is 15.3. The van der Waals surface area contributed by atoms with E-state index in [1.807, 2.05) is 40.5 Å². The highest BCUT2D eigenvalue weighted by Gasteiger charge is 2.24. The summed E-state index contributed by atoms with van der Waals surface area (Å²) in [5.74, 6) is 0.514. The summed E-state index contributed by atoms with van der Waals surface area (Å²) >= 11 is 7.65. The number of hydrogen-bond donors (Lipinski definition) is 1. The fourth-order valence-corrected chi connectivity index (χ4v) is 4.80. The van der Waals surface area contributed by atoms with E-state index < -0.39 is 0 Å². The summed E-state index contributed by atoms with van der Waals surface area (Å²) < 4.78 is 7.40. The van der Waals surface area contributed by atoms with E-state index in [9.17, 15) is 4.79 Å². The minimum absolute atomic E-state index is 0.0108. The average molecular weight is 473 g/mol. The first-order valence-corrected chi connectivity index (χ1v) is 12.2. The normalized spacial score (nSPS) is 15.1. The summed E-state index contributed by atoms with van der Waals surface area (Å²) in [5.41, 5.74) is 3.57. The molecule has 32 heavy (non-hydrogen) atoms. The molecule has 1 aliphatic rings. The predicted molar refractivity (Wildman–Crippen MR) is 129 cm³/mol. The van der Waals surface area contributed by atoms with Gasteiger partial charge in [0.1, 0.15) is 5.01 Å². The largest absolute Gasteiger partial charge is 0.381 e. The zero-order valence-corrected chi connectivity index (χ0v) is 20.3. The van der Waals surface area contributed by atoms with Crippen molar-refractivity contribution in [1.82, 2.24) is 20.1 Å². The van der Waals surface area contributed by atoms with E-state index in [2.05, 4.69) is 31.2 Å². The lowest BCUT2D eigenvalue weighted by atomic mass is 10.0. The third-order valence-corrected chi connectivity index (χ3v) is 6.75. The summed E-state index contributed by atoms with van der Waals surface area (Å²) in [5, 5.41) is 11.2. The molecule has 0 bridgehead atoms.